The lowest BCUT2D eigenvalue weighted by Gasteiger charge is -2.20. The molecular weight excluding hydrogens is 394 g/mol. The number of ketones is 1. The van der Waals surface area contributed by atoms with E-state index in [9.17, 15) is 14.7 Å². The van der Waals surface area contributed by atoms with Crippen molar-refractivity contribution in [2.45, 2.75) is 26.8 Å². The fourth-order valence-corrected chi connectivity index (χ4v) is 3.32. The van der Waals surface area contributed by atoms with E-state index in [0.717, 1.165) is 11.1 Å². The van der Waals surface area contributed by atoms with Crippen LogP contribution in [0.25, 0.3) is 23.1 Å². The van der Waals surface area contributed by atoms with Gasteiger partial charge in [0, 0.05) is 5.56 Å². The Hall–Kier alpha value is -3.45. The first-order chi connectivity index (χ1) is 14.8. The van der Waals surface area contributed by atoms with Crippen LogP contribution in [0, 0.1) is 5.92 Å². The Morgan fingerprint density at radius 1 is 1.23 bits per heavy atom. The normalized spacial score (nSPS) is 12.5. The van der Waals surface area contributed by atoms with Gasteiger partial charge in [0.1, 0.15) is 5.75 Å². The van der Waals surface area contributed by atoms with E-state index in [-0.39, 0.29) is 30.3 Å². The van der Waals surface area contributed by atoms with E-state index in [1.54, 1.807) is 18.2 Å². The molecule has 162 valence electrons. The molecule has 1 amide bonds. The second kappa shape index (κ2) is 9.57. The minimum Gasteiger partial charge on any atom is -0.495 e. The SMILES string of the molecule is COc1c(C(=O)N[C@H](CO)C(C)C)ccc2[nH]nc(/C=C/c3cccc(C(C)=O)c3)c12. The number of fused-ring (bicyclic) bond motifs is 1. The summed E-state index contributed by atoms with van der Waals surface area (Å²) in [6.45, 7) is 5.25. The molecule has 2 aromatic carbocycles. The minimum atomic E-state index is -0.356. The molecule has 0 aliphatic carbocycles. The summed E-state index contributed by atoms with van der Waals surface area (Å²) in [5.74, 6) is 0.167. The zero-order valence-electron chi connectivity index (χ0n) is 18.1. The van der Waals surface area contributed by atoms with Gasteiger partial charge >= 0.3 is 0 Å². The van der Waals surface area contributed by atoms with Crippen LogP contribution in [0.4, 0.5) is 0 Å². The van der Waals surface area contributed by atoms with Gasteiger partial charge in [0.15, 0.2) is 5.78 Å². The van der Waals surface area contributed by atoms with Gasteiger partial charge in [-0.05, 0) is 42.7 Å². The second-order valence-electron chi connectivity index (χ2n) is 7.70. The third kappa shape index (κ3) is 4.83. The largest absolute Gasteiger partial charge is 0.495 e. The van der Waals surface area contributed by atoms with Crippen molar-refractivity contribution in [3.63, 3.8) is 0 Å². The van der Waals surface area contributed by atoms with E-state index in [0.29, 0.717) is 28.0 Å². The van der Waals surface area contributed by atoms with Crippen LogP contribution in [-0.4, -0.2) is 46.8 Å². The quantitative estimate of drug-likeness (QED) is 0.481. The molecule has 0 aliphatic heterocycles. The van der Waals surface area contributed by atoms with Crippen LogP contribution in [0.3, 0.4) is 0 Å². The first-order valence-electron chi connectivity index (χ1n) is 10.1. The third-order valence-electron chi connectivity index (χ3n) is 5.20. The highest BCUT2D eigenvalue weighted by atomic mass is 16.5. The maximum atomic E-state index is 12.9. The zero-order chi connectivity index (χ0) is 22.5. The predicted molar refractivity (Wildman–Crippen MR) is 121 cm³/mol. The first-order valence-corrected chi connectivity index (χ1v) is 10.1. The number of hydrogen-bond donors (Lipinski definition) is 3. The molecule has 3 rings (SSSR count). The van der Waals surface area contributed by atoms with Crippen molar-refractivity contribution in [3.05, 3.63) is 58.8 Å². The summed E-state index contributed by atoms with van der Waals surface area (Å²) in [5.41, 5.74) is 3.20. The highest BCUT2D eigenvalue weighted by Gasteiger charge is 2.22. The number of carbonyl (C=O) groups is 2. The number of benzene rings is 2. The Kier molecular flexibility index (Phi) is 6.87. The van der Waals surface area contributed by atoms with Gasteiger partial charge in [-0.1, -0.05) is 38.1 Å². The van der Waals surface area contributed by atoms with Gasteiger partial charge in [-0.3, -0.25) is 14.7 Å². The number of rotatable bonds is 8. The van der Waals surface area contributed by atoms with Crippen LogP contribution in [0.5, 0.6) is 5.75 Å². The number of nitrogens with one attached hydrogen (secondary N) is 2. The molecule has 0 fully saturated rings. The number of aromatic amines is 1. The van der Waals surface area contributed by atoms with Crippen LogP contribution in [0.1, 0.15) is 52.7 Å². The number of aromatic nitrogens is 2. The summed E-state index contributed by atoms with van der Waals surface area (Å²) in [7, 11) is 1.51. The first kappa shape index (κ1) is 22.2. The highest BCUT2D eigenvalue weighted by Crippen LogP contribution is 2.32. The van der Waals surface area contributed by atoms with Crippen molar-refractivity contribution in [3.8, 4) is 5.75 Å². The molecule has 7 nitrogen and oxygen atoms in total. The molecule has 0 radical (unpaired) electrons. The van der Waals surface area contributed by atoms with Crippen LogP contribution >= 0.6 is 0 Å². The number of methoxy groups -OCH3 is 1. The fraction of sp³-hybridized carbons (Fsp3) is 0.292. The number of aliphatic hydroxyl groups excluding tert-OH is 1. The van der Waals surface area contributed by atoms with Crippen LogP contribution < -0.4 is 10.1 Å². The molecule has 0 bridgehead atoms. The smallest absolute Gasteiger partial charge is 0.255 e. The summed E-state index contributed by atoms with van der Waals surface area (Å²) in [4.78, 5) is 24.5. The maximum absolute atomic E-state index is 12.9. The van der Waals surface area contributed by atoms with Gasteiger partial charge < -0.3 is 15.2 Å². The van der Waals surface area contributed by atoms with Gasteiger partial charge in [-0.2, -0.15) is 5.10 Å². The number of nitrogens with zero attached hydrogens (tertiary/aromatic N) is 1. The number of hydrogen-bond acceptors (Lipinski definition) is 5. The number of aliphatic hydroxyl groups is 1. The Labute approximate surface area is 181 Å². The summed E-state index contributed by atoms with van der Waals surface area (Å²) < 4.78 is 5.60. The molecule has 3 aromatic rings. The Morgan fingerprint density at radius 3 is 2.65 bits per heavy atom. The molecule has 1 atom stereocenters. The summed E-state index contributed by atoms with van der Waals surface area (Å²) in [6, 6.07) is 10.4. The average molecular weight is 421 g/mol. The van der Waals surface area contributed by atoms with Crippen LogP contribution in [0.15, 0.2) is 36.4 Å². The van der Waals surface area contributed by atoms with Crippen molar-refractivity contribution in [2.75, 3.05) is 13.7 Å². The van der Waals surface area contributed by atoms with Gasteiger partial charge in [0.25, 0.3) is 5.91 Å². The van der Waals surface area contributed by atoms with E-state index >= 15 is 0 Å². The highest BCUT2D eigenvalue weighted by molar-refractivity contribution is 6.05. The molecule has 0 aliphatic rings. The number of H-pyrrole nitrogens is 1. The lowest BCUT2D eigenvalue weighted by molar-refractivity contribution is 0.0893. The lowest BCUT2D eigenvalue weighted by Crippen LogP contribution is -2.41. The average Bonchev–Trinajstić information content (AvgIpc) is 3.18. The van der Waals surface area contributed by atoms with E-state index < -0.39 is 0 Å². The third-order valence-corrected chi connectivity index (χ3v) is 5.20. The second-order valence-corrected chi connectivity index (χ2v) is 7.70. The fourth-order valence-electron chi connectivity index (χ4n) is 3.32. The molecule has 1 heterocycles. The molecule has 1 aromatic heterocycles. The zero-order valence-corrected chi connectivity index (χ0v) is 18.1. The van der Waals surface area contributed by atoms with Crippen molar-refractivity contribution in [1.29, 1.82) is 0 Å². The Balaban J connectivity index is 1.99. The van der Waals surface area contributed by atoms with Crippen LogP contribution in [-0.2, 0) is 0 Å². The van der Waals surface area contributed by atoms with Crippen LogP contribution in [0.2, 0.25) is 0 Å². The van der Waals surface area contributed by atoms with Gasteiger partial charge in [-0.25, -0.2) is 0 Å². The molecule has 0 unspecified atom stereocenters. The topological polar surface area (TPSA) is 104 Å². The molecule has 0 saturated heterocycles. The molecule has 7 heteroatoms. The standard InChI is InChI=1S/C24H27N3O4/c1-14(2)21(13-28)25-24(30)18-9-11-20-22(23(18)31-4)19(26-27-20)10-8-16-6-5-7-17(12-16)15(3)29/h5-12,14,21,28H,13H2,1-4H3,(H,25,30)(H,26,27)/b10-8+/t21-/m1/s1. The molecule has 0 saturated carbocycles. The van der Waals surface area contributed by atoms with Crippen molar-refractivity contribution in [2.24, 2.45) is 5.92 Å². The monoisotopic (exact) mass is 421 g/mol. The van der Waals surface area contributed by atoms with E-state index in [1.807, 2.05) is 44.2 Å². The summed E-state index contributed by atoms with van der Waals surface area (Å²) in [5, 5.41) is 20.4. The van der Waals surface area contributed by atoms with Gasteiger partial charge in [0.2, 0.25) is 0 Å². The van der Waals surface area contributed by atoms with Gasteiger partial charge in [0.05, 0.1) is 41.9 Å². The number of amides is 1. The number of Topliss-reactive ketones (excluding diaryl/α,β-unsaturated/α-hetero) is 1. The van der Waals surface area contributed by atoms with E-state index in [2.05, 4.69) is 15.5 Å². The molecule has 0 spiro atoms. The van der Waals surface area contributed by atoms with Crippen molar-refractivity contribution < 1.29 is 19.4 Å². The van der Waals surface area contributed by atoms with Crippen molar-refractivity contribution in [1.82, 2.24) is 15.5 Å². The number of carbonyl (C=O) groups excluding carboxylic acids is 2. The Morgan fingerprint density at radius 2 is 2.00 bits per heavy atom. The Bertz CT molecular complexity index is 1130. The summed E-state index contributed by atoms with van der Waals surface area (Å²) in [6.07, 6.45) is 3.67. The van der Waals surface area contributed by atoms with Crippen molar-refractivity contribution >= 4 is 34.7 Å². The minimum absolute atomic E-state index is 0.000346. The van der Waals surface area contributed by atoms with E-state index in [4.69, 9.17) is 4.74 Å². The molecule has 3 N–H and O–H groups in total. The van der Waals surface area contributed by atoms with Gasteiger partial charge in [-0.15, -0.1) is 0 Å². The molecular formula is C24H27N3O4. The number of ether oxygens (including phenoxy) is 1. The summed E-state index contributed by atoms with van der Waals surface area (Å²) >= 11 is 0. The predicted octanol–water partition coefficient (Wildman–Crippen LogP) is 3.69. The van der Waals surface area contributed by atoms with E-state index in [1.165, 1.54) is 14.0 Å². The maximum Gasteiger partial charge on any atom is 0.255 e. The molecule has 31 heavy (non-hydrogen) atoms. The lowest BCUT2D eigenvalue weighted by atomic mass is 10.0.